The third kappa shape index (κ3) is 1.45. The highest BCUT2D eigenvalue weighted by Gasteiger charge is 2.08. The zero-order valence-electron chi connectivity index (χ0n) is 7.66. The quantitative estimate of drug-likeness (QED) is 0.762. The maximum absolute atomic E-state index is 5.86. The lowest BCUT2D eigenvalue weighted by molar-refractivity contribution is 0.488. The summed E-state index contributed by atoms with van der Waals surface area (Å²) < 4.78 is 5.60. The van der Waals surface area contributed by atoms with Crippen LogP contribution in [0.3, 0.4) is 0 Å². The standard InChI is InChI=1S/C11H13NO/c1-2-9(12)11-7-8-5-3-4-6-10(8)13-11/h3-7,9H,2,12H2,1H3/t9-/m0/s1. The molecule has 0 radical (unpaired) electrons. The molecule has 1 aromatic carbocycles. The Morgan fingerprint density at radius 2 is 2.15 bits per heavy atom. The molecule has 68 valence electrons. The van der Waals surface area contributed by atoms with Gasteiger partial charge < -0.3 is 10.2 Å². The van der Waals surface area contributed by atoms with Crippen LogP contribution in [0.1, 0.15) is 25.1 Å². The number of hydrogen-bond acceptors (Lipinski definition) is 2. The van der Waals surface area contributed by atoms with Crippen LogP contribution in [-0.4, -0.2) is 0 Å². The normalized spacial score (nSPS) is 13.4. The van der Waals surface area contributed by atoms with Gasteiger partial charge in [-0.25, -0.2) is 0 Å². The van der Waals surface area contributed by atoms with Crippen molar-refractivity contribution in [1.29, 1.82) is 0 Å². The van der Waals surface area contributed by atoms with Crippen LogP contribution in [-0.2, 0) is 0 Å². The van der Waals surface area contributed by atoms with Crippen LogP contribution < -0.4 is 5.73 Å². The molecule has 2 aromatic rings. The van der Waals surface area contributed by atoms with Crippen molar-refractivity contribution in [2.75, 3.05) is 0 Å². The number of nitrogens with two attached hydrogens (primary N) is 1. The summed E-state index contributed by atoms with van der Waals surface area (Å²) in [5.41, 5.74) is 6.78. The summed E-state index contributed by atoms with van der Waals surface area (Å²) in [6.07, 6.45) is 0.903. The van der Waals surface area contributed by atoms with Gasteiger partial charge in [0.2, 0.25) is 0 Å². The van der Waals surface area contributed by atoms with Gasteiger partial charge in [0.1, 0.15) is 11.3 Å². The number of para-hydroxylation sites is 1. The molecule has 1 aromatic heterocycles. The van der Waals surface area contributed by atoms with Crippen molar-refractivity contribution in [2.24, 2.45) is 5.73 Å². The van der Waals surface area contributed by atoms with E-state index in [1.807, 2.05) is 30.3 Å². The van der Waals surface area contributed by atoms with Gasteiger partial charge in [-0.2, -0.15) is 0 Å². The van der Waals surface area contributed by atoms with E-state index in [1.54, 1.807) is 0 Å². The topological polar surface area (TPSA) is 39.2 Å². The summed E-state index contributed by atoms with van der Waals surface area (Å²) in [5.74, 6) is 0.878. The second kappa shape index (κ2) is 3.23. The third-order valence-electron chi connectivity index (χ3n) is 2.25. The van der Waals surface area contributed by atoms with Gasteiger partial charge in [0.05, 0.1) is 6.04 Å². The van der Waals surface area contributed by atoms with Crippen LogP contribution in [0, 0.1) is 0 Å². The molecular formula is C11H13NO. The monoisotopic (exact) mass is 175 g/mol. The van der Waals surface area contributed by atoms with Gasteiger partial charge >= 0.3 is 0 Å². The van der Waals surface area contributed by atoms with E-state index in [9.17, 15) is 0 Å². The predicted octanol–water partition coefficient (Wildman–Crippen LogP) is 2.84. The summed E-state index contributed by atoms with van der Waals surface area (Å²) >= 11 is 0. The van der Waals surface area contributed by atoms with Crippen molar-refractivity contribution in [3.8, 4) is 0 Å². The molecule has 0 saturated heterocycles. The molecule has 1 atom stereocenters. The molecule has 2 heteroatoms. The first-order valence-electron chi connectivity index (χ1n) is 4.55. The first-order valence-corrected chi connectivity index (χ1v) is 4.55. The Morgan fingerprint density at radius 1 is 1.38 bits per heavy atom. The van der Waals surface area contributed by atoms with Crippen molar-refractivity contribution < 1.29 is 4.42 Å². The molecule has 2 N–H and O–H groups in total. The van der Waals surface area contributed by atoms with Crippen LogP contribution in [0.4, 0.5) is 0 Å². The van der Waals surface area contributed by atoms with Crippen molar-refractivity contribution in [2.45, 2.75) is 19.4 Å². The summed E-state index contributed by atoms with van der Waals surface area (Å²) in [5, 5.41) is 1.13. The summed E-state index contributed by atoms with van der Waals surface area (Å²) in [6.45, 7) is 2.05. The highest BCUT2D eigenvalue weighted by molar-refractivity contribution is 5.77. The Morgan fingerprint density at radius 3 is 2.85 bits per heavy atom. The average molecular weight is 175 g/mol. The van der Waals surface area contributed by atoms with E-state index in [2.05, 4.69) is 6.92 Å². The van der Waals surface area contributed by atoms with Crippen molar-refractivity contribution in [3.63, 3.8) is 0 Å². The van der Waals surface area contributed by atoms with Gasteiger partial charge in [0, 0.05) is 5.39 Å². The molecule has 0 bridgehead atoms. The fraction of sp³-hybridized carbons (Fsp3) is 0.273. The Balaban J connectivity index is 2.49. The molecule has 0 aliphatic carbocycles. The lowest BCUT2D eigenvalue weighted by atomic mass is 10.2. The van der Waals surface area contributed by atoms with E-state index in [0.717, 1.165) is 23.2 Å². The molecule has 0 aliphatic heterocycles. The minimum absolute atomic E-state index is 0.0207. The number of furan rings is 1. The van der Waals surface area contributed by atoms with E-state index < -0.39 is 0 Å². The lowest BCUT2D eigenvalue weighted by Crippen LogP contribution is -2.06. The Hall–Kier alpha value is -1.28. The number of rotatable bonds is 2. The van der Waals surface area contributed by atoms with Crippen LogP contribution in [0.15, 0.2) is 34.7 Å². The van der Waals surface area contributed by atoms with Gasteiger partial charge in [0.25, 0.3) is 0 Å². The highest BCUT2D eigenvalue weighted by atomic mass is 16.3. The Kier molecular flexibility index (Phi) is 2.07. The molecular weight excluding hydrogens is 162 g/mol. The van der Waals surface area contributed by atoms with E-state index >= 15 is 0 Å². The SMILES string of the molecule is CC[C@H](N)c1cc2ccccc2o1. The zero-order valence-corrected chi connectivity index (χ0v) is 7.66. The van der Waals surface area contributed by atoms with Crippen LogP contribution >= 0.6 is 0 Å². The van der Waals surface area contributed by atoms with E-state index in [0.29, 0.717) is 0 Å². The average Bonchev–Trinajstić information content (AvgIpc) is 2.59. The largest absolute Gasteiger partial charge is 0.459 e. The van der Waals surface area contributed by atoms with Gasteiger partial charge in [0.15, 0.2) is 0 Å². The molecule has 0 unspecified atom stereocenters. The first-order chi connectivity index (χ1) is 6.31. The molecule has 0 spiro atoms. The van der Waals surface area contributed by atoms with Gasteiger partial charge in [-0.3, -0.25) is 0 Å². The molecule has 0 amide bonds. The zero-order chi connectivity index (χ0) is 9.26. The number of fused-ring (bicyclic) bond motifs is 1. The molecule has 2 rings (SSSR count). The van der Waals surface area contributed by atoms with Crippen LogP contribution in [0.2, 0.25) is 0 Å². The van der Waals surface area contributed by atoms with Gasteiger partial charge in [-0.15, -0.1) is 0 Å². The van der Waals surface area contributed by atoms with Gasteiger partial charge in [-0.05, 0) is 18.6 Å². The first kappa shape index (κ1) is 8.32. The summed E-state index contributed by atoms with van der Waals surface area (Å²) in [4.78, 5) is 0. The van der Waals surface area contributed by atoms with E-state index in [1.165, 1.54) is 0 Å². The van der Waals surface area contributed by atoms with Crippen molar-refractivity contribution in [1.82, 2.24) is 0 Å². The molecule has 13 heavy (non-hydrogen) atoms. The maximum Gasteiger partial charge on any atom is 0.134 e. The fourth-order valence-electron chi connectivity index (χ4n) is 1.39. The maximum atomic E-state index is 5.86. The summed E-state index contributed by atoms with van der Waals surface area (Å²) in [7, 11) is 0. The smallest absolute Gasteiger partial charge is 0.134 e. The lowest BCUT2D eigenvalue weighted by Gasteiger charge is -2.02. The number of benzene rings is 1. The number of hydrogen-bond donors (Lipinski definition) is 1. The minimum Gasteiger partial charge on any atom is -0.459 e. The predicted molar refractivity (Wildman–Crippen MR) is 53.4 cm³/mol. The molecule has 0 aliphatic rings. The third-order valence-corrected chi connectivity index (χ3v) is 2.25. The molecule has 0 fully saturated rings. The molecule has 0 saturated carbocycles. The minimum atomic E-state index is 0.0207. The molecule has 1 heterocycles. The molecule has 2 nitrogen and oxygen atoms in total. The van der Waals surface area contributed by atoms with Crippen LogP contribution in [0.25, 0.3) is 11.0 Å². The van der Waals surface area contributed by atoms with Crippen molar-refractivity contribution in [3.05, 3.63) is 36.1 Å². The summed E-state index contributed by atoms with van der Waals surface area (Å²) in [6, 6.07) is 9.99. The highest BCUT2D eigenvalue weighted by Crippen LogP contribution is 2.23. The fourth-order valence-corrected chi connectivity index (χ4v) is 1.39. The van der Waals surface area contributed by atoms with Crippen LogP contribution in [0.5, 0.6) is 0 Å². The second-order valence-corrected chi connectivity index (χ2v) is 3.20. The van der Waals surface area contributed by atoms with Crippen molar-refractivity contribution >= 4 is 11.0 Å². The Bertz CT molecular complexity index is 372. The Labute approximate surface area is 77.3 Å². The van der Waals surface area contributed by atoms with E-state index in [4.69, 9.17) is 10.2 Å². The van der Waals surface area contributed by atoms with Gasteiger partial charge in [-0.1, -0.05) is 25.1 Å². The van der Waals surface area contributed by atoms with E-state index in [-0.39, 0.29) is 6.04 Å². The second-order valence-electron chi connectivity index (χ2n) is 3.20.